The number of aromatic nitrogens is 2. The molecule has 3 aromatic rings. The smallest absolute Gasteiger partial charge is 0.341 e. The Morgan fingerprint density at radius 2 is 1.70 bits per heavy atom. The molecule has 1 amide bonds. The normalized spacial score (nSPS) is 11.6. The third-order valence-electron chi connectivity index (χ3n) is 4.81. The number of nitrogens with zero attached hydrogens (tertiary/aromatic N) is 2. The summed E-state index contributed by atoms with van der Waals surface area (Å²) in [5.74, 6) is -3.94. The number of aryl methyl sites for hydroxylation is 1. The van der Waals surface area contributed by atoms with Crippen molar-refractivity contribution in [1.29, 1.82) is 0 Å². The first-order valence-corrected chi connectivity index (χ1v) is 10.7. The molecule has 0 saturated heterocycles. The molecule has 1 aromatic heterocycles. The maximum atomic E-state index is 12.6. The van der Waals surface area contributed by atoms with Gasteiger partial charge in [0.25, 0.3) is 5.91 Å². The van der Waals surface area contributed by atoms with E-state index in [4.69, 9.17) is 0 Å². The second kappa shape index (κ2) is 8.74. The van der Waals surface area contributed by atoms with Gasteiger partial charge in [-0.15, -0.1) is 0 Å². The van der Waals surface area contributed by atoms with Crippen LogP contribution in [0.3, 0.4) is 0 Å². The summed E-state index contributed by atoms with van der Waals surface area (Å²) in [4.78, 5) is 11.9. The molecular formula is C21H21F2N3O3S. The Hall–Kier alpha value is -3.07. The monoisotopic (exact) mass is 433 g/mol. The van der Waals surface area contributed by atoms with E-state index < -0.39 is 26.4 Å². The molecule has 3 rings (SSSR count). The van der Waals surface area contributed by atoms with E-state index in [9.17, 15) is 22.0 Å². The van der Waals surface area contributed by atoms with Crippen molar-refractivity contribution in [2.24, 2.45) is 0 Å². The summed E-state index contributed by atoms with van der Waals surface area (Å²) >= 11 is 0. The fraction of sp³-hybridized carbons (Fsp3) is 0.238. The van der Waals surface area contributed by atoms with E-state index in [2.05, 4.69) is 10.4 Å². The Labute approximate surface area is 173 Å². The van der Waals surface area contributed by atoms with Crippen molar-refractivity contribution in [2.45, 2.75) is 37.6 Å². The number of hydrogen-bond acceptors (Lipinski definition) is 4. The molecular weight excluding hydrogens is 412 g/mol. The summed E-state index contributed by atoms with van der Waals surface area (Å²) < 4.78 is 50.0. The lowest BCUT2D eigenvalue weighted by Crippen LogP contribution is -2.23. The van der Waals surface area contributed by atoms with Gasteiger partial charge < -0.3 is 5.32 Å². The molecule has 0 atom stereocenters. The number of amides is 1. The zero-order chi connectivity index (χ0) is 21.9. The van der Waals surface area contributed by atoms with Gasteiger partial charge >= 0.3 is 5.76 Å². The molecule has 0 fully saturated rings. The number of rotatable bonds is 7. The minimum Gasteiger partial charge on any atom is -0.348 e. The maximum Gasteiger partial charge on any atom is 0.341 e. The predicted octanol–water partition coefficient (Wildman–Crippen LogP) is 3.47. The van der Waals surface area contributed by atoms with E-state index >= 15 is 0 Å². The standard InChI is InChI=1S/C21H21F2N3O3S/c1-14-19(15(2)26(25-14)13-16-6-4-3-5-7-16)12-24-20(27)17-8-10-18(11-9-17)30(28,29)21(22)23/h3-11,21H,12-13H2,1-2H3,(H,24,27). The van der Waals surface area contributed by atoms with Crippen molar-refractivity contribution in [3.63, 3.8) is 0 Å². The highest BCUT2D eigenvalue weighted by Crippen LogP contribution is 2.19. The lowest BCUT2D eigenvalue weighted by molar-refractivity contribution is 0.0950. The summed E-state index contributed by atoms with van der Waals surface area (Å²) in [5.41, 5.74) is 3.89. The number of carbonyl (C=O) groups excluding carboxylic acids is 1. The molecule has 0 unspecified atom stereocenters. The Kier molecular flexibility index (Phi) is 6.31. The summed E-state index contributed by atoms with van der Waals surface area (Å²) in [7, 11) is -4.69. The maximum absolute atomic E-state index is 12.6. The summed E-state index contributed by atoms with van der Waals surface area (Å²) in [6.07, 6.45) is 0. The molecule has 0 spiro atoms. The van der Waals surface area contributed by atoms with Crippen LogP contribution in [0.15, 0.2) is 59.5 Å². The molecule has 1 heterocycles. The minimum atomic E-state index is -4.69. The number of nitrogens with one attached hydrogen (secondary N) is 1. The number of hydrogen-bond donors (Lipinski definition) is 1. The van der Waals surface area contributed by atoms with Crippen LogP contribution in [-0.2, 0) is 22.9 Å². The molecule has 158 valence electrons. The third kappa shape index (κ3) is 4.56. The SMILES string of the molecule is Cc1nn(Cc2ccccc2)c(C)c1CNC(=O)c1ccc(S(=O)(=O)C(F)F)cc1. The van der Waals surface area contributed by atoms with Gasteiger partial charge in [0.2, 0.25) is 9.84 Å². The van der Waals surface area contributed by atoms with Gasteiger partial charge in [-0.3, -0.25) is 9.48 Å². The molecule has 0 radical (unpaired) electrons. The molecule has 2 aromatic carbocycles. The van der Waals surface area contributed by atoms with E-state index in [1.165, 1.54) is 12.1 Å². The molecule has 1 N–H and O–H groups in total. The van der Waals surface area contributed by atoms with E-state index in [0.717, 1.165) is 34.6 Å². The van der Waals surface area contributed by atoms with Crippen molar-refractivity contribution in [3.05, 3.63) is 82.7 Å². The fourth-order valence-electron chi connectivity index (χ4n) is 3.07. The number of carbonyl (C=O) groups is 1. The van der Waals surface area contributed by atoms with E-state index in [1.54, 1.807) is 0 Å². The molecule has 0 saturated carbocycles. The summed E-state index contributed by atoms with van der Waals surface area (Å²) in [6.45, 7) is 4.64. The largest absolute Gasteiger partial charge is 0.348 e. The molecule has 0 aliphatic heterocycles. The molecule has 0 aliphatic carbocycles. The second-order valence-corrected chi connectivity index (χ2v) is 8.72. The highest BCUT2D eigenvalue weighted by atomic mass is 32.2. The first-order valence-electron chi connectivity index (χ1n) is 9.17. The fourth-order valence-corrected chi connectivity index (χ4v) is 3.79. The lowest BCUT2D eigenvalue weighted by atomic mass is 10.1. The van der Waals surface area contributed by atoms with Gasteiger partial charge in [0.15, 0.2) is 0 Å². The van der Waals surface area contributed by atoms with Crippen LogP contribution in [0.2, 0.25) is 0 Å². The van der Waals surface area contributed by atoms with E-state index in [0.29, 0.717) is 6.54 Å². The van der Waals surface area contributed by atoms with Gasteiger partial charge in [0.05, 0.1) is 17.1 Å². The first-order chi connectivity index (χ1) is 14.2. The van der Waals surface area contributed by atoms with Crippen molar-refractivity contribution in [2.75, 3.05) is 0 Å². The first kappa shape index (κ1) is 21.6. The molecule has 0 aliphatic rings. The van der Waals surface area contributed by atoms with Crippen LogP contribution >= 0.6 is 0 Å². The van der Waals surface area contributed by atoms with Crippen molar-refractivity contribution in [3.8, 4) is 0 Å². The average Bonchev–Trinajstić information content (AvgIpc) is 2.99. The van der Waals surface area contributed by atoms with E-state index in [1.807, 2.05) is 48.9 Å². The Balaban J connectivity index is 1.69. The second-order valence-electron chi connectivity index (χ2n) is 6.81. The van der Waals surface area contributed by atoms with Crippen LogP contribution in [0.1, 0.15) is 32.9 Å². The topological polar surface area (TPSA) is 81.1 Å². The number of alkyl halides is 2. The quantitative estimate of drug-likeness (QED) is 0.619. The average molecular weight is 433 g/mol. The number of sulfone groups is 1. The molecule has 30 heavy (non-hydrogen) atoms. The highest BCUT2D eigenvalue weighted by Gasteiger charge is 2.26. The third-order valence-corrected chi connectivity index (χ3v) is 6.21. The molecule has 9 heteroatoms. The molecule has 6 nitrogen and oxygen atoms in total. The van der Waals surface area contributed by atoms with Gasteiger partial charge in [-0.2, -0.15) is 13.9 Å². The van der Waals surface area contributed by atoms with Crippen molar-refractivity contribution < 1.29 is 22.0 Å². The lowest BCUT2D eigenvalue weighted by Gasteiger charge is -2.08. The van der Waals surface area contributed by atoms with Crippen LogP contribution in [0.25, 0.3) is 0 Å². The van der Waals surface area contributed by atoms with Crippen molar-refractivity contribution >= 4 is 15.7 Å². The van der Waals surface area contributed by atoms with Gasteiger partial charge in [0.1, 0.15) is 0 Å². The number of benzene rings is 2. The zero-order valence-corrected chi connectivity index (χ0v) is 17.3. The van der Waals surface area contributed by atoms with Crippen LogP contribution in [0.4, 0.5) is 8.78 Å². The highest BCUT2D eigenvalue weighted by molar-refractivity contribution is 7.91. The summed E-state index contributed by atoms with van der Waals surface area (Å²) in [5, 5.41) is 7.30. The predicted molar refractivity (Wildman–Crippen MR) is 108 cm³/mol. The van der Waals surface area contributed by atoms with Crippen LogP contribution < -0.4 is 5.32 Å². The molecule has 0 bridgehead atoms. The van der Waals surface area contributed by atoms with Gasteiger partial charge in [-0.25, -0.2) is 8.42 Å². The Bertz CT molecular complexity index is 1140. The van der Waals surface area contributed by atoms with Gasteiger partial charge in [-0.05, 0) is 43.7 Å². The summed E-state index contributed by atoms with van der Waals surface area (Å²) in [6, 6.07) is 14.3. The van der Waals surface area contributed by atoms with Gasteiger partial charge in [0, 0.05) is 23.4 Å². The van der Waals surface area contributed by atoms with Crippen molar-refractivity contribution in [1.82, 2.24) is 15.1 Å². The Morgan fingerprint density at radius 3 is 2.30 bits per heavy atom. The Morgan fingerprint density at radius 1 is 1.07 bits per heavy atom. The van der Waals surface area contributed by atoms with Crippen LogP contribution in [-0.4, -0.2) is 29.9 Å². The van der Waals surface area contributed by atoms with Crippen LogP contribution in [0.5, 0.6) is 0 Å². The van der Waals surface area contributed by atoms with E-state index in [-0.39, 0.29) is 12.1 Å². The number of halogens is 2. The van der Waals surface area contributed by atoms with Gasteiger partial charge in [-0.1, -0.05) is 30.3 Å². The minimum absolute atomic E-state index is 0.176. The van der Waals surface area contributed by atoms with Crippen LogP contribution in [0, 0.1) is 13.8 Å². The zero-order valence-electron chi connectivity index (χ0n) is 16.5.